The molecule has 0 aliphatic rings. The molecule has 7 heteroatoms. The topological polar surface area (TPSA) is 72.7 Å². The van der Waals surface area contributed by atoms with E-state index in [1.165, 1.54) is 11.1 Å². The van der Waals surface area contributed by atoms with Gasteiger partial charge in [0.05, 0.1) is 18.5 Å². The largest absolute Gasteiger partial charge is 0.491 e. The van der Waals surface area contributed by atoms with Crippen LogP contribution < -0.4 is 15.4 Å². The van der Waals surface area contributed by atoms with Crippen molar-refractivity contribution in [3.05, 3.63) is 77.6 Å². The standard InChI is InChI=1S/C25H33N5O2/c1-4-31-14-15-32-24-16-20(2)10-11-22(24)18-28-25(26-3)27-13-12-21-17-29-30(19-21)23-8-6-5-7-9-23/h5-11,16-17,19H,4,12-15,18H2,1-3H3,(H2,26,27,28). The molecule has 32 heavy (non-hydrogen) atoms. The van der Waals surface area contributed by atoms with E-state index < -0.39 is 0 Å². The van der Waals surface area contributed by atoms with Gasteiger partial charge in [-0.3, -0.25) is 4.99 Å². The van der Waals surface area contributed by atoms with Gasteiger partial charge in [-0.15, -0.1) is 0 Å². The normalized spacial score (nSPS) is 11.4. The highest BCUT2D eigenvalue weighted by molar-refractivity contribution is 5.79. The SMILES string of the molecule is CCOCCOc1cc(C)ccc1CNC(=NC)NCCc1cnn(-c2ccccc2)c1. The Balaban J connectivity index is 1.48. The van der Waals surface area contributed by atoms with E-state index in [2.05, 4.69) is 52.0 Å². The summed E-state index contributed by atoms with van der Waals surface area (Å²) in [5.41, 5.74) is 4.47. The zero-order valence-corrected chi connectivity index (χ0v) is 19.2. The van der Waals surface area contributed by atoms with Gasteiger partial charge in [0.15, 0.2) is 5.96 Å². The number of hydrogen-bond donors (Lipinski definition) is 2. The van der Waals surface area contributed by atoms with Crippen LogP contribution in [-0.2, 0) is 17.7 Å². The first-order valence-electron chi connectivity index (χ1n) is 11.0. The van der Waals surface area contributed by atoms with E-state index in [-0.39, 0.29) is 0 Å². The Morgan fingerprint density at radius 2 is 1.94 bits per heavy atom. The summed E-state index contributed by atoms with van der Waals surface area (Å²) in [6.45, 7) is 7.24. The smallest absolute Gasteiger partial charge is 0.191 e. The third-order valence-corrected chi connectivity index (χ3v) is 4.94. The maximum atomic E-state index is 5.93. The summed E-state index contributed by atoms with van der Waals surface area (Å²) in [5, 5.41) is 11.2. The van der Waals surface area contributed by atoms with E-state index in [1.54, 1.807) is 7.05 Å². The van der Waals surface area contributed by atoms with Crippen LogP contribution in [0.4, 0.5) is 0 Å². The van der Waals surface area contributed by atoms with Crippen LogP contribution in [0.3, 0.4) is 0 Å². The molecular formula is C25H33N5O2. The first-order valence-corrected chi connectivity index (χ1v) is 11.0. The molecule has 2 aromatic carbocycles. The van der Waals surface area contributed by atoms with E-state index in [9.17, 15) is 0 Å². The Bertz CT molecular complexity index is 985. The molecule has 0 aliphatic heterocycles. The summed E-state index contributed by atoms with van der Waals surface area (Å²) in [6, 6.07) is 16.3. The quantitative estimate of drug-likeness (QED) is 0.274. The van der Waals surface area contributed by atoms with E-state index >= 15 is 0 Å². The predicted molar refractivity (Wildman–Crippen MR) is 129 cm³/mol. The molecule has 0 bridgehead atoms. The Kier molecular flexibility index (Phi) is 9.13. The second kappa shape index (κ2) is 12.5. The molecule has 0 unspecified atom stereocenters. The fourth-order valence-corrected chi connectivity index (χ4v) is 3.23. The summed E-state index contributed by atoms with van der Waals surface area (Å²) in [4.78, 5) is 4.33. The number of nitrogens with zero attached hydrogens (tertiary/aromatic N) is 3. The molecule has 3 aromatic rings. The highest BCUT2D eigenvalue weighted by Crippen LogP contribution is 2.20. The summed E-state index contributed by atoms with van der Waals surface area (Å²) in [6.07, 6.45) is 4.82. The number of aryl methyl sites for hydroxylation is 1. The van der Waals surface area contributed by atoms with Crippen LogP contribution in [0.5, 0.6) is 5.75 Å². The Morgan fingerprint density at radius 3 is 2.72 bits per heavy atom. The maximum Gasteiger partial charge on any atom is 0.191 e. The van der Waals surface area contributed by atoms with Gasteiger partial charge in [0.1, 0.15) is 12.4 Å². The molecule has 1 aromatic heterocycles. The lowest BCUT2D eigenvalue weighted by Gasteiger charge is -2.15. The minimum absolute atomic E-state index is 0.536. The van der Waals surface area contributed by atoms with Crippen molar-refractivity contribution >= 4 is 5.96 Å². The lowest BCUT2D eigenvalue weighted by Crippen LogP contribution is -2.37. The van der Waals surface area contributed by atoms with E-state index in [0.717, 1.165) is 35.9 Å². The van der Waals surface area contributed by atoms with Gasteiger partial charge >= 0.3 is 0 Å². The number of rotatable bonds is 11. The third kappa shape index (κ3) is 7.13. The molecule has 0 fully saturated rings. The number of nitrogens with one attached hydrogen (secondary N) is 2. The predicted octanol–water partition coefficient (Wildman–Crippen LogP) is 3.50. The molecule has 0 atom stereocenters. The highest BCUT2D eigenvalue weighted by atomic mass is 16.5. The van der Waals surface area contributed by atoms with Gasteiger partial charge in [-0.25, -0.2) is 4.68 Å². The van der Waals surface area contributed by atoms with Gasteiger partial charge < -0.3 is 20.1 Å². The summed E-state index contributed by atoms with van der Waals surface area (Å²) < 4.78 is 13.2. The average molecular weight is 436 g/mol. The Labute approximate surface area is 190 Å². The maximum absolute atomic E-state index is 5.93. The van der Waals surface area contributed by atoms with Gasteiger partial charge in [0, 0.05) is 38.5 Å². The highest BCUT2D eigenvalue weighted by Gasteiger charge is 2.07. The van der Waals surface area contributed by atoms with E-state index in [4.69, 9.17) is 9.47 Å². The zero-order valence-electron chi connectivity index (χ0n) is 19.2. The van der Waals surface area contributed by atoms with Crippen LogP contribution in [0.15, 0.2) is 65.9 Å². The van der Waals surface area contributed by atoms with Crippen LogP contribution >= 0.6 is 0 Å². The fraction of sp³-hybridized carbons (Fsp3) is 0.360. The van der Waals surface area contributed by atoms with Gasteiger partial charge in [0.2, 0.25) is 0 Å². The van der Waals surface area contributed by atoms with Crippen molar-refractivity contribution in [1.82, 2.24) is 20.4 Å². The third-order valence-electron chi connectivity index (χ3n) is 4.94. The second-order valence-corrected chi connectivity index (χ2v) is 7.39. The summed E-state index contributed by atoms with van der Waals surface area (Å²) >= 11 is 0. The van der Waals surface area contributed by atoms with Crippen LogP contribution in [0.2, 0.25) is 0 Å². The monoisotopic (exact) mass is 435 g/mol. The van der Waals surface area contributed by atoms with Crippen molar-refractivity contribution in [2.24, 2.45) is 4.99 Å². The van der Waals surface area contributed by atoms with Gasteiger partial charge in [-0.2, -0.15) is 5.10 Å². The van der Waals surface area contributed by atoms with Crippen molar-refractivity contribution in [2.75, 3.05) is 33.4 Å². The molecular weight excluding hydrogens is 402 g/mol. The molecule has 0 amide bonds. The molecule has 0 radical (unpaired) electrons. The molecule has 0 saturated heterocycles. The number of guanidine groups is 1. The van der Waals surface area contributed by atoms with Crippen molar-refractivity contribution in [3.8, 4) is 11.4 Å². The number of aliphatic imine (C=N–C) groups is 1. The number of hydrogen-bond acceptors (Lipinski definition) is 4. The minimum Gasteiger partial charge on any atom is -0.491 e. The first kappa shape index (κ1) is 23.3. The molecule has 0 aliphatic carbocycles. The van der Waals surface area contributed by atoms with Crippen molar-refractivity contribution < 1.29 is 9.47 Å². The number of ether oxygens (including phenoxy) is 2. The number of para-hydroxylation sites is 1. The fourth-order valence-electron chi connectivity index (χ4n) is 3.23. The van der Waals surface area contributed by atoms with Crippen LogP contribution in [0, 0.1) is 6.92 Å². The van der Waals surface area contributed by atoms with Crippen LogP contribution in [-0.4, -0.2) is 49.2 Å². The van der Waals surface area contributed by atoms with Crippen LogP contribution in [0.1, 0.15) is 23.6 Å². The van der Waals surface area contributed by atoms with Crippen LogP contribution in [0.25, 0.3) is 5.69 Å². The molecule has 0 saturated carbocycles. The Hall–Kier alpha value is -3.32. The van der Waals surface area contributed by atoms with Gasteiger partial charge in [0.25, 0.3) is 0 Å². The Morgan fingerprint density at radius 1 is 1.09 bits per heavy atom. The van der Waals surface area contributed by atoms with E-state index in [0.29, 0.717) is 26.4 Å². The molecule has 170 valence electrons. The molecule has 3 rings (SSSR count). The summed E-state index contributed by atoms with van der Waals surface area (Å²) in [7, 11) is 1.78. The molecule has 0 spiro atoms. The zero-order chi connectivity index (χ0) is 22.6. The van der Waals surface area contributed by atoms with Crippen molar-refractivity contribution in [2.45, 2.75) is 26.8 Å². The minimum atomic E-state index is 0.536. The molecule has 2 N–H and O–H groups in total. The lowest BCUT2D eigenvalue weighted by atomic mass is 10.1. The van der Waals surface area contributed by atoms with E-state index in [1.807, 2.05) is 48.1 Å². The summed E-state index contributed by atoms with van der Waals surface area (Å²) in [5.74, 6) is 1.63. The molecule has 7 nitrogen and oxygen atoms in total. The molecule has 1 heterocycles. The van der Waals surface area contributed by atoms with Gasteiger partial charge in [-0.1, -0.05) is 30.3 Å². The second-order valence-electron chi connectivity index (χ2n) is 7.39. The first-order chi connectivity index (χ1) is 15.7. The number of benzene rings is 2. The van der Waals surface area contributed by atoms with Gasteiger partial charge in [-0.05, 0) is 49.6 Å². The number of aromatic nitrogens is 2. The van der Waals surface area contributed by atoms with Crippen molar-refractivity contribution in [1.29, 1.82) is 0 Å². The lowest BCUT2D eigenvalue weighted by molar-refractivity contribution is 0.110. The average Bonchev–Trinajstić information content (AvgIpc) is 3.29. The van der Waals surface area contributed by atoms with Crippen molar-refractivity contribution in [3.63, 3.8) is 0 Å².